The van der Waals surface area contributed by atoms with Crippen LogP contribution >= 0.6 is 0 Å². The third-order valence-corrected chi connectivity index (χ3v) is 1.32. The Balaban J connectivity index is 4.27. The van der Waals surface area contributed by atoms with Gasteiger partial charge >= 0.3 is 11.9 Å². The van der Waals surface area contributed by atoms with E-state index >= 15 is 0 Å². The number of esters is 2. The van der Waals surface area contributed by atoms with Crippen LogP contribution in [0.2, 0.25) is 0 Å². The Kier molecular flexibility index (Phi) is 5.33. The van der Waals surface area contributed by atoms with Crippen LogP contribution in [-0.4, -0.2) is 29.9 Å². The van der Waals surface area contributed by atoms with Crippen molar-refractivity contribution in [3.8, 4) is 0 Å². The van der Waals surface area contributed by atoms with Crippen LogP contribution in [0.25, 0.3) is 0 Å². The lowest BCUT2D eigenvalue weighted by Crippen LogP contribution is -2.28. The number of carbonyl (C=O) groups excluding carboxylic acids is 2. The molecular weight excluding hydrogens is 200 g/mol. The van der Waals surface area contributed by atoms with E-state index in [1.54, 1.807) is 0 Å². The van der Waals surface area contributed by atoms with E-state index in [2.05, 4.69) is 22.6 Å². The van der Waals surface area contributed by atoms with Crippen LogP contribution in [0.4, 0.5) is 0 Å². The molecule has 0 saturated heterocycles. The first-order chi connectivity index (χ1) is 6.88. The Morgan fingerprint density at radius 2 is 1.47 bits per heavy atom. The van der Waals surface area contributed by atoms with Gasteiger partial charge < -0.3 is 14.6 Å². The van der Waals surface area contributed by atoms with Crippen molar-refractivity contribution in [2.45, 2.75) is 20.1 Å². The summed E-state index contributed by atoms with van der Waals surface area (Å²) in [5.41, 5.74) is 0.305. The second-order valence-corrected chi connectivity index (χ2v) is 2.98. The van der Waals surface area contributed by atoms with Crippen molar-refractivity contribution in [1.29, 1.82) is 0 Å². The van der Waals surface area contributed by atoms with E-state index in [4.69, 9.17) is 5.11 Å². The lowest BCUT2D eigenvalue weighted by molar-refractivity contribution is -0.188. The molecule has 0 bridgehead atoms. The maximum Gasteiger partial charge on any atom is 0.336 e. The number of aliphatic hydroxyl groups is 1. The van der Waals surface area contributed by atoms with Gasteiger partial charge in [-0.3, -0.25) is 0 Å². The highest BCUT2D eigenvalue weighted by Gasteiger charge is 2.18. The molecule has 15 heavy (non-hydrogen) atoms. The average Bonchev–Trinajstić information content (AvgIpc) is 2.15. The summed E-state index contributed by atoms with van der Waals surface area (Å²) in [5.74, 6) is -1.47. The van der Waals surface area contributed by atoms with Crippen LogP contribution in [0.3, 0.4) is 0 Å². The zero-order chi connectivity index (χ0) is 12.0. The molecule has 0 aliphatic heterocycles. The van der Waals surface area contributed by atoms with Crippen molar-refractivity contribution in [2.75, 3.05) is 6.61 Å². The summed E-state index contributed by atoms with van der Waals surface area (Å²) < 4.78 is 9.22. The van der Waals surface area contributed by atoms with E-state index in [0.717, 1.165) is 0 Å². The Morgan fingerprint density at radius 3 is 1.67 bits per heavy atom. The summed E-state index contributed by atoms with van der Waals surface area (Å²) in [5, 5.41) is 8.77. The quantitative estimate of drug-likeness (QED) is 0.411. The van der Waals surface area contributed by atoms with Crippen molar-refractivity contribution in [2.24, 2.45) is 0 Å². The van der Waals surface area contributed by atoms with Crippen molar-refractivity contribution < 1.29 is 24.2 Å². The molecule has 0 heterocycles. The Hall–Kier alpha value is -1.62. The molecule has 0 unspecified atom stereocenters. The third-order valence-electron chi connectivity index (χ3n) is 1.32. The van der Waals surface area contributed by atoms with Gasteiger partial charge in [-0.15, -0.1) is 0 Å². The van der Waals surface area contributed by atoms with Crippen molar-refractivity contribution in [1.82, 2.24) is 0 Å². The molecule has 0 radical (unpaired) electrons. The van der Waals surface area contributed by atoms with Crippen molar-refractivity contribution in [3.63, 3.8) is 0 Å². The molecule has 5 nitrogen and oxygen atoms in total. The van der Waals surface area contributed by atoms with Gasteiger partial charge in [0.1, 0.15) is 6.61 Å². The minimum absolute atomic E-state index is 0.153. The number of hydrogen-bond acceptors (Lipinski definition) is 5. The Bertz CT molecular complexity index is 264. The van der Waals surface area contributed by atoms with Crippen LogP contribution in [0.15, 0.2) is 24.3 Å². The third kappa shape index (κ3) is 4.97. The molecule has 1 N–H and O–H groups in total. The largest absolute Gasteiger partial charge is 0.419 e. The summed E-state index contributed by atoms with van der Waals surface area (Å²) >= 11 is 0. The molecule has 0 spiro atoms. The average molecular weight is 214 g/mol. The van der Waals surface area contributed by atoms with E-state index in [1.165, 1.54) is 13.8 Å². The monoisotopic (exact) mass is 214 g/mol. The summed E-state index contributed by atoms with van der Waals surface area (Å²) in [7, 11) is 0. The minimum Gasteiger partial charge on any atom is -0.419 e. The molecule has 0 aliphatic rings. The first-order valence-corrected chi connectivity index (χ1v) is 4.22. The lowest BCUT2D eigenvalue weighted by Gasteiger charge is -2.15. The zero-order valence-corrected chi connectivity index (χ0v) is 8.78. The maximum atomic E-state index is 11.0. The molecule has 0 saturated carbocycles. The molecule has 0 aromatic heterocycles. The molecule has 84 valence electrons. The van der Waals surface area contributed by atoms with E-state index in [0.29, 0.717) is 0 Å². The first kappa shape index (κ1) is 13.4. The molecule has 5 heteroatoms. The molecule has 0 rings (SSSR count). The van der Waals surface area contributed by atoms with Crippen LogP contribution in [0, 0.1) is 0 Å². The maximum absolute atomic E-state index is 11.0. The van der Waals surface area contributed by atoms with Gasteiger partial charge in [0.2, 0.25) is 0 Å². The molecule has 0 fully saturated rings. The number of hydrogen-bond donors (Lipinski definition) is 1. The van der Waals surface area contributed by atoms with Gasteiger partial charge in [0.25, 0.3) is 6.29 Å². The second-order valence-electron chi connectivity index (χ2n) is 2.98. The Labute approximate surface area is 88.0 Å². The standard InChI is InChI=1S/C10H14O5/c1-6(2)9(12)14-8(5-11)15-10(13)7(3)4/h8,11H,1,3,5H2,2,4H3. The van der Waals surface area contributed by atoms with E-state index in [1.807, 2.05) is 0 Å². The SMILES string of the molecule is C=C(C)C(=O)OC(CO)OC(=O)C(=C)C. The van der Waals surface area contributed by atoms with Gasteiger partial charge in [0.15, 0.2) is 0 Å². The lowest BCUT2D eigenvalue weighted by atomic mass is 10.3. The summed E-state index contributed by atoms with van der Waals surface area (Å²) in [6, 6.07) is 0. The molecule has 0 amide bonds. The van der Waals surface area contributed by atoms with Gasteiger partial charge in [0.05, 0.1) is 0 Å². The number of rotatable bonds is 5. The molecular formula is C10H14O5. The van der Waals surface area contributed by atoms with Gasteiger partial charge in [-0.2, -0.15) is 0 Å². The number of ether oxygens (including phenoxy) is 2. The predicted molar refractivity (Wildman–Crippen MR) is 52.7 cm³/mol. The molecule has 0 aliphatic carbocycles. The summed E-state index contributed by atoms with van der Waals surface area (Å²) in [6.07, 6.45) is -1.32. The fourth-order valence-electron chi connectivity index (χ4n) is 0.539. The van der Waals surface area contributed by atoms with Crippen LogP contribution < -0.4 is 0 Å². The second kappa shape index (κ2) is 5.98. The van der Waals surface area contributed by atoms with Crippen molar-refractivity contribution in [3.05, 3.63) is 24.3 Å². The fourth-order valence-corrected chi connectivity index (χ4v) is 0.539. The van der Waals surface area contributed by atoms with Crippen LogP contribution in [-0.2, 0) is 19.1 Å². The first-order valence-electron chi connectivity index (χ1n) is 4.22. The van der Waals surface area contributed by atoms with E-state index < -0.39 is 24.8 Å². The smallest absolute Gasteiger partial charge is 0.336 e. The topological polar surface area (TPSA) is 72.8 Å². The van der Waals surface area contributed by atoms with Gasteiger partial charge in [-0.05, 0) is 13.8 Å². The number of carbonyl (C=O) groups is 2. The van der Waals surface area contributed by atoms with Crippen LogP contribution in [0.1, 0.15) is 13.8 Å². The highest BCUT2D eigenvalue weighted by Crippen LogP contribution is 2.03. The van der Waals surface area contributed by atoms with E-state index in [9.17, 15) is 9.59 Å². The number of aliphatic hydroxyl groups excluding tert-OH is 1. The van der Waals surface area contributed by atoms with E-state index in [-0.39, 0.29) is 11.1 Å². The van der Waals surface area contributed by atoms with Gasteiger partial charge in [-0.1, -0.05) is 13.2 Å². The zero-order valence-electron chi connectivity index (χ0n) is 8.78. The molecule has 0 atom stereocenters. The summed E-state index contributed by atoms with van der Waals surface area (Å²) in [6.45, 7) is 8.96. The normalized spacial score (nSPS) is 9.60. The molecule has 0 aromatic carbocycles. The van der Waals surface area contributed by atoms with Crippen molar-refractivity contribution >= 4 is 11.9 Å². The highest BCUT2D eigenvalue weighted by atomic mass is 16.7. The minimum atomic E-state index is -1.32. The fraction of sp³-hybridized carbons (Fsp3) is 0.400. The van der Waals surface area contributed by atoms with Gasteiger partial charge in [-0.25, -0.2) is 9.59 Å². The summed E-state index contributed by atoms with van der Waals surface area (Å²) in [4.78, 5) is 22.0. The van der Waals surface area contributed by atoms with Gasteiger partial charge in [0, 0.05) is 11.1 Å². The molecule has 0 aromatic rings. The predicted octanol–water partition coefficient (Wildman–Crippen LogP) is 0.543. The van der Waals surface area contributed by atoms with Crippen LogP contribution in [0.5, 0.6) is 0 Å². The highest BCUT2D eigenvalue weighted by molar-refractivity contribution is 5.88. The Morgan fingerprint density at radius 1 is 1.13 bits per heavy atom.